The third-order valence-corrected chi connectivity index (χ3v) is 2.24. The van der Waals surface area contributed by atoms with E-state index in [2.05, 4.69) is 20.8 Å². The van der Waals surface area contributed by atoms with Crippen molar-refractivity contribution in [2.75, 3.05) is 13.6 Å². The van der Waals surface area contributed by atoms with E-state index in [1.165, 1.54) is 0 Å². The van der Waals surface area contributed by atoms with Crippen molar-refractivity contribution < 1.29 is 4.79 Å². The molecule has 0 N–H and O–H groups in total. The molecule has 0 rings (SSSR count). The van der Waals surface area contributed by atoms with Crippen molar-refractivity contribution in [3.63, 3.8) is 0 Å². The second kappa shape index (κ2) is 4.37. The van der Waals surface area contributed by atoms with Crippen LogP contribution in [-0.2, 0) is 4.79 Å². The van der Waals surface area contributed by atoms with Gasteiger partial charge in [0.15, 0.2) is 0 Å². The van der Waals surface area contributed by atoms with Gasteiger partial charge in [-0.25, -0.2) is 0 Å². The van der Waals surface area contributed by atoms with Gasteiger partial charge in [-0.3, -0.25) is 4.79 Å². The van der Waals surface area contributed by atoms with Crippen LogP contribution in [0.3, 0.4) is 0 Å². The van der Waals surface area contributed by atoms with E-state index in [0.717, 1.165) is 6.54 Å². The van der Waals surface area contributed by atoms with Crippen molar-refractivity contribution in [2.45, 2.75) is 27.7 Å². The zero-order chi connectivity index (χ0) is 9.02. The summed E-state index contributed by atoms with van der Waals surface area (Å²) in [5, 5.41) is 0. The topological polar surface area (TPSA) is 20.3 Å². The summed E-state index contributed by atoms with van der Waals surface area (Å²) in [5.41, 5.74) is 0. The average molecular weight is 157 g/mol. The molecule has 0 fully saturated rings. The molecule has 2 heteroatoms. The average Bonchev–Trinajstić information content (AvgIpc) is 1.87. The van der Waals surface area contributed by atoms with Crippen molar-refractivity contribution in [3.8, 4) is 0 Å². The lowest BCUT2D eigenvalue weighted by atomic mass is 9.98. The fourth-order valence-electron chi connectivity index (χ4n) is 0.771. The molecule has 0 saturated heterocycles. The summed E-state index contributed by atoms with van der Waals surface area (Å²) in [4.78, 5) is 12.6. The highest BCUT2D eigenvalue weighted by atomic mass is 16.2. The molecule has 0 aliphatic rings. The van der Waals surface area contributed by atoms with Gasteiger partial charge in [0.2, 0.25) is 5.91 Å². The van der Waals surface area contributed by atoms with Gasteiger partial charge in [-0.15, -0.1) is 0 Å². The molecular formula is C9H19NO. The van der Waals surface area contributed by atoms with Crippen LogP contribution >= 0.6 is 0 Å². The van der Waals surface area contributed by atoms with E-state index in [9.17, 15) is 4.79 Å². The Morgan fingerprint density at radius 2 is 1.82 bits per heavy atom. The summed E-state index contributed by atoms with van der Waals surface area (Å²) in [6, 6.07) is 0. The van der Waals surface area contributed by atoms with E-state index in [4.69, 9.17) is 0 Å². The number of hydrogen-bond acceptors (Lipinski definition) is 1. The van der Waals surface area contributed by atoms with Crippen molar-refractivity contribution >= 4 is 5.91 Å². The van der Waals surface area contributed by atoms with E-state index in [1.807, 2.05) is 7.05 Å². The fourth-order valence-corrected chi connectivity index (χ4v) is 0.771. The first-order valence-electron chi connectivity index (χ1n) is 4.16. The molecule has 0 bridgehead atoms. The summed E-state index contributed by atoms with van der Waals surface area (Å²) < 4.78 is 0. The molecule has 1 unspecified atom stereocenters. The first kappa shape index (κ1) is 10.5. The molecule has 1 amide bonds. The zero-order valence-corrected chi connectivity index (χ0v) is 8.22. The molecule has 66 valence electrons. The van der Waals surface area contributed by atoms with E-state index < -0.39 is 0 Å². The van der Waals surface area contributed by atoms with Gasteiger partial charge in [0, 0.05) is 20.5 Å². The van der Waals surface area contributed by atoms with Gasteiger partial charge in [-0.1, -0.05) is 20.8 Å². The molecule has 0 radical (unpaired) electrons. The summed E-state index contributed by atoms with van der Waals surface area (Å²) in [7, 11) is 1.85. The lowest BCUT2D eigenvalue weighted by Crippen LogP contribution is -2.30. The van der Waals surface area contributed by atoms with E-state index in [1.54, 1.807) is 11.8 Å². The minimum Gasteiger partial charge on any atom is -0.346 e. The predicted molar refractivity (Wildman–Crippen MR) is 47.3 cm³/mol. The van der Waals surface area contributed by atoms with Crippen molar-refractivity contribution in [2.24, 2.45) is 11.8 Å². The highest BCUT2D eigenvalue weighted by Gasteiger charge is 2.11. The number of hydrogen-bond donors (Lipinski definition) is 0. The molecule has 0 aromatic heterocycles. The summed E-state index contributed by atoms with van der Waals surface area (Å²) >= 11 is 0. The molecule has 0 aliphatic heterocycles. The number of nitrogens with zero attached hydrogens (tertiary/aromatic N) is 1. The van der Waals surface area contributed by atoms with Gasteiger partial charge < -0.3 is 4.90 Å². The van der Waals surface area contributed by atoms with Gasteiger partial charge in [-0.05, 0) is 11.8 Å². The molecule has 2 nitrogen and oxygen atoms in total. The lowest BCUT2D eigenvalue weighted by molar-refractivity contribution is -0.128. The number of carbonyl (C=O) groups excluding carboxylic acids is 1. The minimum atomic E-state index is 0.150. The SMILES string of the molecule is CC(=O)N(C)CC(C)C(C)C. The summed E-state index contributed by atoms with van der Waals surface area (Å²) in [5.74, 6) is 1.39. The van der Waals surface area contributed by atoms with E-state index in [0.29, 0.717) is 11.8 Å². The van der Waals surface area contributed by atoms with Crippen LogP contribution in [0.25, 0.3) is 0 Å². The second-order valence-corrected chi connectivity index (χ2v) is 3.62. The predicted octanol–water partition coefficient (Wildman–Crippen LogP) is 1.76. The summed E-state index contributed by atoms with van der Waals surface area (Å²) in [6.07, 6.45) is 0. The third-order valence-electron chi connectivity index (χ3n) is 2.24. The zero-order valence-electron chi connectivity index (χ0n) is 8.22. The third kappa shape index (κ3) is 4.02. The van der Waals surface area contributed by atoms with Gasteiger partial charge in [0.05, 0.1) is 0 Å². The first-order chi connectivity index (χ1) is 4.95. The maximum absolute atomic E-state index is 10.8. The van der Waals surface area contributed by atoms with Gasteiger partial charge in [0.1, 0.15) is 0 Å². The molecule has 0 aliphatic carbocycles. The molecule has 0 spiro atoms. The van der Waals surface area contributed by atoms with Crippen molar-refractivity contribution in [1.29, 1.82) is 0 Å². The quantitative estimate of drug-likeness (QED) is 0.611. The van der Waals surface area contributed by atoms with Gasteiger partial charge >= 0.3 is 0 Å². The van der Waals surface area contributed by atoms with Crippen LogP contribution in [-0.4, -0.2) is 24.4 Å². The highest BCUT2D eigenvalue weighted by Crippen LogP contribution is 2.10. The Morgan fingerprint density at radius 3 is 2.09 bits per heavy atom. The van der Waals surface area contributed by atoms with Crippen molar-refractivity contribution in [1.82, 2.24) is 4.90 Å². The Balaban J connectivity index is 3.75. The molecule has 0 heterocycles. The van der Waals surface area contributed by atoms with Crippen LogP contribution in [0.15, 0.2) is 0 Å². The highest BCUT2D eigenvalue weighted by molar-refractivity contribution is 5.72. The van der Waals surface area contributed by atoms with E-state index in [-0.39, 0.29) is 5.91 Å². The maximum Gasteiger partial charge on any atom is 0.219 e. The Hall–Kier alpha value is -0.530. The molecule has 0 saturated carbocycles. The maximum atomic E-state index is 10.8. The largest absolute Gasteiger partial charge is 0.346 e. The van der Waals surface area contributed by atoms with Crippen LogP contribution in [0.5, 0.6) is 0 Å². The van der Waals surface area contributed by atoms with Gasteiger partial charge in [0.25, 0.3) is 0 Å². The minimum absolute atomic E-state index is 0.150. The Labute approximate surface area is 69.6 Å². The van der Waals surface area contributed by atoms with Crippen LogP contribution in [0.4, 0.5) is 0 Å². The Kier molecular flexibility index (Phi) is 4.16. The van der Waals surface area contributed by atoms with Crippen LogP contribution in [0, 0.1) is 11.8 Å². The number of carbonyl (C=O) groups is 1. The molecule has 1 atom stereocenters. The summed E-state index contributed by atoms with van der Waals surface area (Å²) in [6.45, 7) is 9.00. The van der Waals surface area contributed by atoms with Gasteiger partial charge in [-0.2, -0.15) is 0 Å². The first-order valence-corrected chi connectivity index (χ1v) is 4.16. The molecule has 0 aromatic carbocycles. The Morgan fingerprint density at radius 1 is 1.36 bits per heavy atom. The Bertz CT molecular complexity index is 132. The fraction of sp³-hybridized carbons (Fsp3) is 0.889. The van der Waals surface area contributed by atoms with Crippen molar-refractivity contribution in [3.05, 3.63) is 0 Å². The molecule has 0 aromatic rings. The number of rotatable bonds is 3. The second-order valence-electron chi connectivity index (χ2n) is 3.62. The lowest BCUT2D eigenvalue weighted by Gasteiger charge is -2.22. The normalized spacial score (nSPS) is 13.3. The molecular weight excluding hydrogens is 138 g/mol. The van der Waals surface area contributed by atoms with Crippen LogP contribution < -0.4 is 0 Å². The van der Waals surface area contributed by atoms with Crippen LogP contribution in [0.2, 0.25) is 0 Å². The monoisotopic (exact) mass is 157 g/mol. The van der Waals surface area contributed by atoms with E-state index >= 15 is 0 Å². The standard InChI is InChI=1S/C9H19NO/c1-7(2)8(3)6-10(5)9(4)11/h7-8H,6H2,1-5H3. The smallest absolute Gasteiger partial charge is 0.219 e. The number of amides is 1. The molecule has 11 heavy (non-hydrogen) atoms. The van der Waals surface area contributed by atoms with Crippen LogP contribution in [0.1, 0.15) is 27.7 Å².